The van der Waals surface area contributed by atoms with Crippen molar-refractivity contribution in [3.63, 3.8) is 0 Å². The van der Waals surface area contributed by atoms with Crippen LogP contribution >= 0.6 is 0 Å². The Morgan fingerprint density at radius 3 is 2.63 bits per heavy atom. The number of hydrogen-bond acceptors (Lipinski definition) is 1. The quantitative estimate of drug-likeness (QED) is 0.628. The van der Waals surface area contributed by atoms with E-state index in [-0.39, 0.29) is 5.54 Å². The molecule has 1 nitrogen and oxygen atoms in total. The highest BCUT2D eigenvalue weighted by Gasteiger charge is 2.40. The summed E-state index contributed by atoms with van der Waals surface area (Å²) in [5.41, 5.74) is 3.55. The fourth-order valence-corrected chi connectivity index (χ4v) is 7.51. The molecular weight excluding hydrogens is 246 g/mol. The van der Waals surface area contributed by atoms with E-state index in [0.29, 0.717) is 5.54 Å². The van der Waals surface area contributed by atoms with Gasteiger partial charge in [0, 0.05) is 11.1 Å². The molecule has 1 aromatic rings. The normalized spacial score (nSPS) is 20.9. The summed E-state index contributed by atoms with van der Waals surface area (Å²) >= 11 is 0. The predicted molar refractivity (Wildman–Crippen MR) is 87.7 cm³/mol. The summed E-state index contributed by atoms with van der Waals surface area (Å²) in [7, 11) is -1.66. The van der Waals surface area contributed by atoms with Gasteiger partial charge in [-0.15, -0.1) is 6.58 Å². The first-order valence-electron chi connectivity index (χ1n) is 7.03. The van der Waals surface area contributed by atoms with Crippen LogP contribution in [0.15, 0.2) is 43.0 Å². The zero-order valence-electron chi connectivity index (χ0n) is 12.5. The summed E-state index contributed by atoms with van der Waals surface area (Å²) in [5, 5.41) is 0. The lowest BCUT2D eigenvalue weighted by atomic mass is 10.1. The maximum Gasteiger partial charge on any atom is 0.138 e. The number of rotatable bonds is 4. The van der Waals surface area contributed by atoms with Crippen molar-refractivity contribution in [2.45, 2.75) is 44.4 Å². The van der Waals surface area contributed by atoms with Gasteiger partial charge in [0.2, 0.25) is 0 Å². The van der Waals surface area contributed by atoms with Gasteiger partial charge in [0.25, 0.3) is 0 Å². The summed E-state index contributed by atoms with van der Waals surface area (Å²) in [4.78, 5) is 3.93. The van der Waals surface area contributed by atoms with E-state index in [1.165, 1.54) is 11.1 Å². The van der Waals surface area contributed by atoms with Crippen molar-refractivity contribution in [3.05, 3.63) is 54.1 Å². The van der Waals surface area contributed by atoms with Gasteiger partial charge in [-0.05, 0) is 37.9 Å². The predicted octanol–water partition coefficient (Wildman–Crippen LogP) is 4.49. The average molecular weight is 271 g/mol. The monoisotopic (exact) mass is 271 g/mol. The van der Waals surface area contributed by atoms with E-state index < -0.39 is 8.24 Å². The van der Waals surface area contributed by atoms with Crippen molar-refractivity contribution in [1.29, 1.82) is 0 Å². The van der Waals surface area contributed by atoms with Gasteiger partial charge in [-0.3, -0.25) is 0 Å². The third kappa shape index (κ3) is 3.07. The molecule has 0 radical (unpaired) electrons. The third-order valence-corrected chi connectivity index (χ3v) is 8.05. The van der Waals surface area contributed by atoms with E-state index in [0.717, 1.165) is 6.04 Å². The molecule has 0 heterocycles. The fourth-order valence-electron chi connectivity index (χ4n) is 3.22. The highest BCUT2D eigenvalue weighted by atomic mass is 28.3. The van der Waals surface area contributed by atoms with Crippen molar-refractivity contribution >= 4 is 14.3 Å². The van der Waals surface area contributed by atoms with Gasteiger partial charge >= 0.3 is 0 Å². The van der Waals surface area contributed by atoms with Gasteiger partial charge in [-0.1, -0.05) is 49.0 Å². The Labute approximate surface area is 118 Å². The zero-order valence-corrected chi connectivity index (χ0v) is 13.5. The lowest BCUT2D eigenvalue weighted by Gasteiger charge is -2.39. The molecule has 0 aliphatic heterocycles. The van der Waals surface area contributed by atoms with E-state index in [1.54, 1.807) is 0 Å². The van der Waals surface area contributed by atoms with E-state index in [4.69, 9.17) is 0 Å². The van der Waals surface area contributed by atoms with Gasteiger partial charge in [0.05, 0.1) is 0 Å². The summed E-state index contributed by atoms with van der Waals surface area (Å²) in [5.74, 6) is 0. The van der Waals surface area contributed by atoms with Crippen LogP contribution in [0.1, 0.15) is 37.4 Å². The van der Waals surface area contributed by atoms with Gasteiger partial charge in [0.1, 0.15) is 8.24 Å². The Bertz CT molecular complexity index is 498. The molecule has 0 amide bonds. The maximum absolute atomic E-state index is 3.97. The summed E-state index contributed by atoms with van der Waals surface area (Å²) in [6, 6.07) is 9.85. The Morgan fingerprint density at radius 2 is 2.00 bits per heavy atom. The molecule has 1 N–H and O–H groups in total. The van der Waals surface area contributed by atoms with Crippen LogP contribution < -0.4 is 4.98 Å². The number of fused-ring (bicyclic) bond motifs is 1. The summed E-state index contributed by atoms with van der Waals surface area (Å²) < 4.78 is 0. The minimum Gasteiger partial charge on any atom is -0.332 e. The highest BCUT2D eigenvalue weighted by Crippen LogP contribution is 2.38. The number of allylic oxidation sites excluding steroid dienone is 2. The standard InChI is InChI=1S/C17H25NSi/c1-6-13-19(5,18-17(2,3)4)16-12-11-14-9-7-8-10-15(14)16/h6-12,16,18H,1,13H2,2-5H3. The van der Waals surface area contributed by atoms with Crippen LogP contribution in [0.5, 0.6) is 0 Å². The lowest BCUT2D eigenvalue weighted by molar-refractivity contribution is 0.507. The second kappa shape index (κ2) is 5.10. The SMILES string of the molecule is C=CC[Si](C)(NC(C)(C)C)C1C=Cc2ccccc21. The molecule has 2 unspecified atom stereocenters. The Hall–Kier alpha value is -1.12. The van der Waals surface area contributed by atoms with Gasteiger partial charge < -0.3 is 4.98 Å². The molecule has 2 atom stereocenters. The molecule has 19 heavy (non-hydrogen) atoms. The first kappa shape index (κ1) is 14.3. The zero-order chi connectivity index (χ0) is 14.1. The van der Waals surface area contributed by atoms with E-state index in [2.05, 4.69) is 81.4 Å². The minimum absolute atomic E-state index is 0.148. The lowest BCUT2D eigenvalue weighted by Crippen LogP contribution is -2.59. The number of nitrogens with one attached hydrogen (secondary N) is 1. The van der Waals surface area contributed by atoms with Crippen molar-refractivity contribution in [2.75, 3.05) is 0 Å². The first-order valence-corrected chi connectivity index (χ1v) is 9.81. The van der Waals surface area contributed by atoms with Gasteiger partial charge in [-0.2, -0.15) is 0 Å². The van der Waals surface area contributed by atoms with Crippen LogP contribution in [-0.2, 0) is 0 Å². The molecule has 1 aliphatic carbocycles. The molecule has 1 aliphatic rings. The Balaban J connectivity index is 2.36. The van der Waals surface area contributed by atoms with Crippen LogP contribution in [-0.4, -0.2) is 13.8 Å². The minimum atomic E-state index is -1.66. The number of hydrogen-bond donors (Lipinski definition) is 1. The first-order chi connectivity index (χ1) is 8.86. The van der Waals surface area contributed by atoms with Crippen molar-refractivity contribution in [1.82, 2.24) is 4.98 Å². The third-order valence-electron chi connectivity index (χ3n) is 3.71. The van der Waals surface area contributed by atoms with Crippen LogP contribution in [0, 0.1) is 0 Å². The molecule has 102 valence electrons. The van der Waals surface area contributed by atoms with Crippen LogP contribution in [0.25, 0.3) is 6.08 Å². The molecule has 0 fully saturated rings. The molecule has 2 rings (SSSR count). The Kier molecular flexibility index (Phi) is 3.84. The average Bonchev–Trinajstić information content (AvgIpc) is 2.70. The highest BCUT2D eigenvalue weighted by molar-refractivity contribution is 6.78. The molecule has 0 bridgehead atoms. The summed E-state index contributed by atoms with van der Waals surface area (Å²) in [6.45, 7) is 13.2. The molecule has 0 saturated carbocycles. The van der Waals surface area contributed by atoms with Crippen LogP contribution in [0.4, 0.5) is 0 Å². The van der Waals surface area contributed by atoms with Crippen LogP contribution in [0.2, 0.25) is 12.6 Å². The largest absolute Gasteiger partial charge is 0.332 e. The topological polar surface area (TPSA) is 12.0 Å². The van der Waals surface area contributed by atoms with Crippen molar-refractivity contribution in [2.24, 2.45) is 0 Å². The van der Waals surface area contributed by atoms with Gasteiger partial charge in [-0.25, -0.2) is 0 Å². The molecule has 1 aromatic carbocycles. The van der Waals surface area contributed by atoms with Crippen LogP contribution in [0.3, 0.4) is 0 Å². The molecule has 2 heteroatoms. The second-order valence-corrected chi connectivity index (χ2v) is 10.9. The molecule has 0 aromatic heterocycles. The molecular formula is C17H25NSi. The fraction of sp³-hybridized carbons (Fsp3) is 0.412. The smallest absolute Gasteiger partial charge is 0.138 e. The van der Waals surface area contributed by atoms with Crippen molar-refractivity contribution < 1.29 is 0 Å². The van der Waals surface area contributed by atoms with Gasteiger partial charge in [0.15, 0.2) is 0 Å². The molecule has 0 spiro atoms. The molecule has 0 saturated heterocycles. The second-order valence-electron chi connectivity index (χ2n) is 6.75. The van der Waals surface area contributed by atoms with Crippen molar-refractivity contribution in [3.8, 4) is 0 Å². The number of benzene rings is 1. The van der Waals surface area contributed by atoms with E-state index in [9.17, 15) is 0 Å². The summed E-state index contributed by atoms with van der Waals surface area (Å²) in [6.07, 6.45) is 6.75. The van der Waals surface area contributed by atoms with E-state index >= 15 is 0 Å². The van der Waals surface area contributed by atoms with E-state index in [1.807, 2.05) is 0 Å². The maximum atomic E-state index is 3.97. The Morgan fingerprint density at radius 1 is 1.32 bits per heavy atom.